The van der Waals surface area contributed by atoms with Crippen molar-refractivity contribution in [2.24, 2.45) is 0 Å². The molecule has 31 heavy (non-hydrogen) atoms. The normalized spacial score (nSPS) is 11.7. The number of hydrogen-bond acceptors (Lipinski definition) is 2. The van der Waals surface area contributed by atoms with Crippen molar-refractivity contribution < 1.29 is 26.7 Å². The fourth-order valence-electron chi connectivity index (χ4n) is 3.55. The molecule has 1 nitrogen and oxygen atoms in total. The van der Waals surface area contributed by atoms with Gasteiger partial charge in [0.05, 0.1) is 5.56 Å². The highest BCUT2D eigenvalue weighted by atomic mass is 32.1. The second-order valence-corrected chi connectivity index (χ2v) is 8.54. The number of thiophene rings is 1. The van der Waals surface area contributed by atoms with Crippen molar-refractivity contribution in [3.63, 3.8) is 0 Å². The van der Waals surface area contributed by atoms with Crippen molar-refractivity contribution in [2.75, 3.05) is 0 Å². The van der Waals surface area contributed by atoms with Crippen LogP contribution in [0.1, 0.15) is 47.4 Å². The van der Waals surface area contributed by atoms with Gasteiger partial charge in [-0.3, -0.25) is 0 Å². The van der Waals surface area contributed by atoms with Crippen LogP contribution in [0.4, 0.5) is 22.0 Å². The van der Waals surface area contributed by atoms with Gasteiger partial charge in [-0.25, -0.2) is 8.78 Å². The van der Waals surface area contributed by atoms with Crippen LogP contribution >= 0.6 is 11.3 Å². The molecule has 0 aliphatic rings. The van der Waals surface area contributed by atoms with Crippen LogP contribution < -0.4 is 4.74 Å². The Morgan fingerprint density at radius 3 is 2.06 bits per heavy atom. The van der Waals surface area contributed by atoms with Gasteiger partial charge in [-0.05, 0) is 48.6 Å². The van der Waals surface area contributed by atoms with E-state index in [-0.39, 0.29) is 10.4 Å². The molecule has 0 unspecified atom stereocenters. The molecule has 0 radical (unpaired) electrons. The average Bonchev–Trinajstić information content (AvgIpc) is 3.04. The second-order valence-electron chi connectivity index (χ2n) is 7.32. The van der Waals surface area contributed by atoms with Gasteiger partial charge in [0, 0.05) is 15.3 Å². The fourth-order valence-corrected chi connectivity index (χ4v) is 4.74. The molecule has 1 aromatic heterocycles. The van der Waals surface area contributed by atoms with Crippen LogP contribution in [0.5, 0.6) is 5.75 Å². The highest BCUT2D eigenvalue weighted by Crippen LogP contribution is 2.45. The third-order valence-electron chi connectivity index (χ3n) is 5.05. The summed E-state index contributed by atoms with van der Waals surface area (Å²) in [6.07, 6.45) is -2.60. The minimum Gasteiger partial charge on any atom is -0.483 e. The number of hydrogen-bond donors (Lipinski definition) is 0. The molecule has 0 N–H and O–H groups in total. The van der Waals surface area contributed by atoms with E-state index in [1.807, 2.05) is 26.0 Å². The van der Waals surface area contributed by atoms with Crippen molar-refractivity contribution in [3.05, 3.63) is 75.2 Å². The standard InChI is InChI=1S/C24H23F5OS/c1-4-6-16-11-19(25)22(20(26)12-16)30-13-18-21(24(27,28)29)14(3)31-23(18)17-9-7-15(5-2)8-10-17/h7-12H,4-6,13H2,1-3H3. The van der Waals surface area contributed by atoms with Crippen LogP contribution in [0.3, 0.4) is 0 Å². The van der Waals surface area contributed by atoms with Gasteiger partial charge in [0.15, 0.2) is 17.4 Å². The maximum absolute atomic E-state index is 14.4. The molecule has 0 aliphatic heterocycles. The molecule has 3 aromatic rings. The minimum absolute atomic E-state index is 0.0832. The average molecular weight is 455 g/mol. The van der Waals surface area contributed by atoms with Crippen LogP contribution in [0, 0.1) is 18.6 Å². The first-order valence-corrected chi connectivity index (χ1v) is 10.9. The quantitative estimate of drug-likeness (QED) is 0.328. The molecule has 0 atom stereocenters. The summed E-state index contributed by atoms with van der Waals surface area (Å²) < 4.78 is 75.4. The molecule has 0 spiro atoms. The maximum atomic E-state index is 14.4. The summed E-state index contributed by atoms with van der Waals surface area (Å²) in [4.78, 5) is 0.468. The van der Waals surface area contributed by atoms with E-state index in [4.69, 9.17) is 4.74 Å². The van der Waals surface area contributed by atoms with Crippen molar-refractivity contribution in [2.45, 2.75) is 52.8 Å². The fraction of sp³-hybridized carbons (Fsp3) is 0.333. The molecule has 0 aliphatic carbocycles. The number of alkyl halides is 3. The van der Waals surface area contributed by atoms with Gasteiger partial charge in [0.25, 0.3) is 0 Å². The van der Waals surface area contributed by atoms with E-state index < -0.39 is 35.7 Å². The number of benzene rings is 2. The van der Waals surface area contributed by atoms with Gasteiger partial charge >= 0.3 is 6.18 Å². The van der Waals surface area contributed by atoms with Crippen molar-refractivity contribution in [3.8, 4) is 16.2 Å². The summed E-state index contributed by atoms with van der Waals surface area (Å²) in [6.45, 7) is 4.67. The predicted molar refractivity (Wildman–Crippen MR) is 114 cm³/mol. The molecule has 166 valence electrons. The summed E-state index contributed by atoms with van der Waals surface area (Å²) in [5.74, 6) is -2.50. The van der Waals surface area contributed by atoms with Crippen LogP contribution in [-0.4, -0.2) is 0 Å². The third-order valence-corrected chi connectivity index (χ3v) is 6.25. The Morgan fingerprint density at radius 1 is 0.935 bits per heavy atom. The van der Waals surface area contributed by atoms with E-state index in [1.54, 1.807) is 12.1 Å². The molecule has 7 heteroatoms. The SMILES string of the molecule is CCCc1cc(F)c(OCc2c(-c3ccc(CC)cc3)sc(C)c2C(F)(F)F)c(F)c1. The largest absolute Gasteiger partial charge is 0.483 e. The summed E-state index contributed by atoms with van der Waals surface area (Å²) in [7, 11) is 0. The van der Waals surface area contributed by atoms with Gasteiger partial charge in [0.2, 0.25) is 0 Å². The minimum atomic E-state index is -4.61. The molecular formula is C24H23F5OS. The van der Waals surface area contributed by atoms with Gasteiger partial charge in [-0.15, -0.1) is 11.3 Å². The first-order chi connectivity index (χ1) is 14.7. The zero-order valence-electron chi connectivity index (χ0n) is 17.5. The molecule has 0 saturated heterocycles. The van der Waals surface area contributed by atoms with Gasteiger partial charge < -0.3 is 4.74 Å². The maximum Gasteiger partial charge on any atom is 0.417 e. The van der Waals surface area contributed by atoms with Gasteiger partial charge in [-0.1, -0.05) is 44.5 Å². The van der Waals surface area contributed by atoms with E-state index in [9.17, 15) is 22.0 Å². The molecule has 0 saturated carbocycles. The lowest BCUT2D eigenvalue weighted by Gasteiger charge is -2.14. The Labute approximate surface area is 182 Å². The highest BCUT2D eigenvalue weighted by Gasteiger charge is 2.38. The molecule has 2 aromatic carbocycles. The topological polar surface area (TPSA) is 9.23 Å². The van der Waals surface area contributed by atoms with Crippen molar-refractivity contribution in [1.82, 2.24) is 0 Å². The van der Waals surface area contributed by atoms with Crippen molar-refractivity contribution >= 4 is 11.3 Å². The zero-order valence-corrected chi connectivity index (χ0v) is 18.3. The summed E-state index contributed by atoms with van der Waals surface area (Å²) in [6, 6.07) is 9.55. The lowest BCUT2D eigenvalue weighted by atomic mass is 10.0. The molecule has 0 bridgehead atoms. The summed E-state index contributed by atoms with van der Waals surface area (Å²) in [5, 5.41) is 0. The molecular weight excluding hydrogens is 431 g/mol. The van der Waals surface area contributed by atoms with Gasteiger partial charge in [0.1, 0.15) is 6.61 Å². The number of ether oxygens (including phenoxy) is 1. The Balaban J connectivity index is 2.01. The monoisotopic (exact) mass is 454 g/mol. The lowest BCUT2D eigenvalue weighted by molar-refractivity contribution is -0.138. The number of halogens is 5. The zero-order chi connectivity index (χ0) is 22.8. The highest BCUT2D eigenvalue weighted by molar-refractivity contribution is 7.15. The van der Waals surface area contributed by atoms with E-state index in [0.29, 0.717) is 28.8 Å². The van der Waals surface area contributed by atoms with Gasteiger partial charge in [-0.2, -0.15) is 13.2 Å². The Hall–Kier alpha value is -2.41. The van der Waals surface area contributed by atoms with Crippen LogP contribution in [0.2, 0.25) is 0 Å². The second kappa shape index (κ2) is 9.39. The van der Waals surface area contributed by atoms with Crippen LogP contribution in [0.15, 0.2) is 36.4 Å². The molecule has 3 rings (SSSR count). The van der Waals surface area contributed by atoms with E-state index in [0.717, 1.165) is 35.5 Å². The van der Waals surface area contributed by atoms with Crippen molar-refractivity contribution in [1.29, 1.82) is 0 Å². The molecule has 1 heterocycles. The van der Waals surface area contributed by atoms with Crippen LogP contribution in [-0.2, 0) is 25.6 Å². The third kappa shape index (κ3) is 5.09. The molecule has 0 fully saturated rings. The first kappa shape index (κ1) is 23.3. The van der Waals surface area contributed by atoms with E-state index in [1.165, 1.54) is 6.92 Å². The Kier molecular flexibility index (Phi) is 7.04. The predicted octanol–water partition coefficient (Wildman–Crippen LogP) is 8.11. The number of aryl methyl sites for hydroxylation is 3. The Bertz CT molecular complexity index is 1030. The first-order valence-electron chi connectivity index (χ1n) is 10.0. The smallest absolute Gasteiger partial charge is 0.417 e. The lowest BCUT2D eigenvalue weighted by Crippen LogP contribution is -2.11. The van der Waals surface area contributed by atoms with E-state index >= 15 is 0 Å². The Morgan fingerprint density at radius 2 is 1.55 bits per heavy atom. The van der Waals surface area contributed by atoms with E-state index in [2.05, 4.69) is 0 Å². The van der Waals surface area contributed by atoms with Crippen LogP contribution in [0.25, 0.3) is 10.4 Å². The summed E-state index contributed by atoms with van der Waals surface area (Å²) >= 11 is 0.999. The number of rotatable bonds is 7. The summed E-state index contributed by atoms with van der Waals surface area (Å²) in [5.41, 5.74) is 1.22. The molecule has 0 amide bonds.